The maximum absolute atomic E-state index is 10.1. The predicted octanol–water partition coefficient (Wildman–Crippen LogP) is 0.117. The lowest BCUT2D eigenvalue weighted by Gasteiger charge is -2.27. The van der Waals surface area contributed by atoms with Crippen LogP contribution in [0.5, 0.6) is 0 Å². The molecule has 5 nitrogen and oxygen atoms in total. The molecule has 0 spiro atoms. The molecule has 0 saturated carbocycles. The van der Waals surface area contributed by atoms with E-state index >= 15 is 0 Å². The minimum Gasteiger partial charge on any atom is -0.389 e. The molecular weight excluding hydrogens is 220 g/mol. The second kappa shape index (κ2) is 9.79. The first-order valence-corrected chi connectivity index (χ1v) is 6.19. The summed E-state index contributed by atoms with van der Waals surface area (Å²) < 4.78 is 10.1. The lowest BCUT2D eigenvalue weighted by Crippen LogP contribution is -2.45. The summed E-state index contributed by atoms with van der Waals surface area (Å²) in [5, 5.41) is 13.4. The van der Waals surface area contributed by atoms with Crippen LogP contribution in [0.3, 0.4) is 0 Å². The van der Waals surface area contributed by atoms with Crippen LogP contribution in [0.1, 0.15) is 26.2 Å². The number of methoxy groups -OCH3 is 2. The van der Waals surface area contributed by atoms with E-state index < -0.39 is 5.60 Å². The molecule has 0 amide bonds. The molecule has 0 fully saturated rings. The Morgan fingerprint density at radius 2 is 2.06 bits per heavy atom. The molecule has 0 aromatic heterocycles. The molecule has 0 saturated heterocycles. The number of nitrogens with one attached hydrogen (secondary N) is 1. The molecule has 0 radical (unpaired) electrons. The number of nitrogens with two attached hydrogens (primary N) is 1. The first kappa shape index (κ1) is 16.8. The van der Waals surface area contributed by atoms with Crippen LogP contribution in [-0.2, 0) is 9.47 Å². The van der Waals surface area contributed by atoms with Crippen LogP contribution < -0.4 is 11.1 Å². The summed E-state index contributed by atoms with van der Waals surface area (Å²) >= 11 is 0. The van der Waals surface area contributed by atoms with Gasteiger partial charge in [0, 0.05) is 39.8 Å². The minimum absolute atomic E-state index is 0.248. The fourth-order valence-corrected chi connectivity index (χ4v) is 1.58. The SMILES string of the molecule is COCCC(C)(O)CNC(CCCN)COC. The molecule has 17 heavy (non-hydrogen) atoms. The van der Waals surface area contributed by atoms with Crippen molar-refractivity contribution in [2.75, 3.05) is 40.5 Å². The van der Waals surface area contributed by atoms with E-state index in [9.17, 15) is 5.11 Å². The third-order valence-electron chi connectivity index (χ3n) is 2.74. The fraction of sp³-hybridized carbons (Fsp3) is 1.00. The largest absolute Gasteiger partial charge is 0.389 e. The van der Waals surface area contributed by atoms with Crippen molar-refractivity contribution in [3.05, 3.63) is 0 Å². The van der Waals surface area contributed by atoms with E-state index in [1.54, 1.807) is 14.2 Å². The van der Waals surface area contributed by atoms with Gasteiger partial charge >= 0.3 is 0 Å². The molecule has 0 aliphatic carbocycles. The summed E-state index contributed by atoms with van der Waals surface area (Å²) in [6.07, 6.45) is 2.54. The van der Waals surface area contributed by atoms with Gasteiger partial charge in [0.25, 0.3) is 0 Å². The Morgan fingerprint density at radius 3 is 2.59 bits per heavy atom. The zero-order valence-corrected chi connectivity index (χ0v) is 11.4. The van der Waals surface area contributed by atoms with Crippen molar-refractivity contribution in [3.63, 3.8) is 0 Å². The first-order chi connectivity index (χ1) is 8.05. The molecule has 104 valence electrons. The Labute approximate surface area is 105 Å². The van der Waals surface area contributed by atoms with Crippen LogP contribution in [0.4, 0.5) is 0 Å². The average molecular weight is 248 g/mol. The van der Waals surface area contributed by atoms with E-state index in [4.69, 9.17) is 15.2 Å². The summed E-state index contributed by atoms with van der Waals surface area (Å²) in [6, 6.07) is 0.248. The summed E-state index contributed by atoms with van der Waals surface area (Å²) in [6.45, 7) is 4.23. The van der Waals surface area contributed by atoms with Gasteiger partial charge in [0.05, 0.1) is 12.2 Å². The monoisotopic (exact) mass is 248 g/mol. The molecule has 0 bridgehead atoms. The van der Waals surface area contributed by atoms with Crippen molar-refractivity contribution in [2.45, 2.75) is 37.8 Å². The van der Waals surface area contributed by atoms with Gasteiger partial charge < -0.3 is 25.6 Å². The predicted molar refractivity (Wildman–Crippen MR) is 69.1 cm³/mol. The highest BCUT2D eigenvalue weighted by atomic mass is 16.5. The van der Waals surface area contributed by atoms with E-state index in [1.807, 2.05) is 6.92 Å². The molecule has 0 aromatic carbocycles. The lowest BCUT2D eigenvalue weighted by molar-refractivity contribution is 0.0196. The van der Waals surface area contributed by atoms with Crippen LogP contribution in [0.15, 0.2) is 0 Å². The number of hydrogen-bond donors (Lipinski definition) is 3. The summed E-state index contributed by atoms with van der Waals surface area (Å²) in [7, 11) is 3.32. The van der Waals surface area contributed by atoms with Gasteiger partial charge in [-0.2, -0.15) is 0 Å². The molecule has 0 rings (SSSR count). The highest BCUT2D eigenvalue weighted by molar-refractivity contribution is 4.78. The Morgan fingerprint density at radius 1 is 1.35 bits per heavy atom. The van der Waals surface area contributed by atoms with E-state index in [1.165, 1.54) is 0 Å². The summed E-state index contributed by atoms with van der Waals surface area (Å²) in [5.41, 5.74) is 4.74. The molecule has 2 atom stereocenters. The van der Waals surface area contributed by atoms with Gasteiger partial charge in [-0.3, -0.25) is 0 Å². The standard InChI is InChI=1S/C12H28N2O3/c1-12(15,6-8-16-2)10-14-11(9-17-3)5-4-7-13/h11,14-15H,4-10,13H2,1-3H3. The molecule has 0 aromatic rings. The molecule has 4 N–H and O–H groups in total. The van der Waals surface area contributed by atoms with Crippen molar-refractivity contribution >= 4 is 0 Å². The van der Waals surface area contributed by atoms with Gasteiger partial charge in [0.1, 0.15) is 0 Å². The quantitative estimate of drug-likeness (QED) is 0.484. The van der Waals surface area contributed by atoms with Crippen molar-refractivity contribution in [1.82, 2.24) is 5.32 Å². The van der Waals surface area contributed by atoms with Gasteiger partial charge in [0.15, 0.2) is 0 Å². The van der Waals surface area contributed by atoms with E-state index in [2.05, 4.69) is 5.32 Å². The minimum atomic E-state index is -0.745. The van der Waals surface area contributed by atoms with E-state index in [-0.39, 0.29) is 6.04 Å². The zero-order chi connectivity index (χ0) is 13.1. The molecular formula is C12H28N2O3. The summed E-state index contributed by atoms with van der Waals surface area (Å²) in [4.78, 5) is 0. The van der Waals surface area contributed by atoms with Crippen molar-refractivity contribution in [3.8, 4) is 0 Å². The van der Waals surface area contributed by atoms with E-state index in [0.29, 0.717) is 32.7 Å². The van der Waals surface area contributed by atoms with Crippen molar-refractivity contribution in [1.29, 1.82) is 0 Å². The Balaban J connectivity index is 3.91. The third kappa shape index (κ3) is 9.50. The highest BCUT2D eigenvalue weighted by Crippen LogP contribution is 2.09. The molecule has 5 heteroatoms. The van der Waals surface area contributed by atoms with E-state index in [0.717, 1.165) is 12.8 Å². The zero-order valence-electron chi connectivity index (χ0n) is 11.4. The maximum Gasteiger partial charge on any atom is 0.0765 e. The average Bonchev–Trinajstić information content (AvgIpc) is 2.30. The van der Waals surface area contributed by atoms with Crippen LogP contribution in [0, 0.1) is 0 Å². The summed E-state index contributed by atoms with van der Waals surface area (Å²) in [5.74, 6) is 0. The Hall–Kier alpha value is -0.200. The number of aliphatic hydroxyl groups is 1. The smallest absolute Gasteiger partial charge is 0.0765 e. The topological polar surface area (TPSA) is 76.7 Å². The highest BCUT2D eigenvalue weighted by Gasteiger charge is 2.21. The van der Waals surface area contributed by atoms with Gasteiger partial charge in [0.2, 0.25) is 0 Å². The Bertz CT molecular complexity index is 177. The normalized spacial score (nSPS) is 16.8. The maximum atomic E-state index is 10.1. The van der Waals surface area contributed by atoms with Gasteiger partial charge in [-0.05, 0) is 26.3 Å². The van der Waals surface area contributed by atoms with Gasteiger partial charge in [-0.15, -0.1) is 0 Å². The second-order valence-corrected chi connectivity index (χ2v) is 4.70. The third-order valence-corrected chi connectivity index (χ3v) is 2.74. The number of hydrogen-bond acceptors (Lipinski definition) is 5. The van der Waals surface area contributed by atoms with Crippen LogP contribution in [0.25, 0.3) is 0 Å². The molecule has 2 unspecified atom stereocenters. The number of ether oxygens (including phenoxy) is 2. The first-order valence-electron chi connectivity index (χ1n) is 6.19. The second-order valence-electron chi connectivity index (χ2n) is 4.70. The fourth-order valence-electron chi connectivity index (χ4n) is 1.58. The van der Waals surface area contributed by atoms with Crippen LogP contribution in [-0.4, -0.2) is 57.3 Å². The van der Waals surface area contributed by atoms with Gasteiger partial charge in [-0.1, -0.05) is 0 Å². The molecule has 0 aliphatic heterocycles. The van der Waals surface area contributed by atoms with Crippen LogP contribution >= 0.6 is 0 Å². The van der Waals surface area contributed by atoms with Gasteiger partial charge in [-0.25, -0.2) is 0 Å². The molecule has 0 aliphatic rings. The van der Waals surface area contributed by atoms with Crippen LogP contribution in [0.2, 0.25) is 0 Å². The molecule has 0 heterocycles. The van der Waals surface area contributed by atoms with Crippen molar-refractivity contribution in [2.24, 2.45) is 5.73 Å². The van der Waals surface area contributed by atoms with Crippen molar-refractivity contribution < 1.29 is 14.6 Å². The lowest BCUT2D eigenvalue weighted by atomic mass is 10.0. The number of rotatable bonds is 11. The Kier molecular flexibility index (Phi) is 9.68.